The zero-order valence-corrected chi connectivity index (χ0v) is 14.3. The van der Waals surface area contributed by atoms with Crippen LogP contribution in [0, 0.1) is 5.82 Å². The molecule has 6 nitrogen and oxygen atoms in total. The third kappa shape index (κ3) is 3.46. The van der Waals surface area contributed by atoms with Crippen LogP contribution in [0.5, 0.6) is 11.5 Å². The fourth-order valence-electron chi connectivity index (χ4n) is 2.92. The summed E-state index contributed by atoms with van der Waals surface area (Å²) in [5.74, 6) is -1.14. The topological polar surface area (TPSA) is 70.1 Å². The molecule has 0 atom stereocenters. The SMILES string of the molecule is COc1ccc(C(=O)N2CCN(C(=O)c3ccccc3O)CC2)cc1F. The number of ether oxygens (including phenoxy) is 1. The van der Waals surface area contributed by atoms with E-state index in [2.05, 4.69) is 0 Å². The molecule has 2 amide bonds. The Kier molecular flexibility index (Phi) is 5.06. The van der Waals surface area contributed by atoms with Gasteiger partial charge in [-0.1, -0.05) is 12.1 Å². The van der Waals surface area contributed by atoms with Crippen LogP contribution in [0.15, 0.2) is 42.5 Å². The second-order valence-corrected chi connectivity index (χ2v) is 5.95. The highest BCUT2D eigenvalue weighted by Gasteiger charge is 2.27. The summed E-state index contributed by atoms with van der Waals surface area (Å²) in [5, 5.41) is 9.81. The van der Waals surface area contributed by atoms with Gasteiger partial charge in [-0.15, -0.1) is 0 Å². The van der Waals surface area contributed by atoms with Crippen molar-refractivity contribution in [1.29, 1.82) is 0 Å². The van der Waals surface area contributed by atoms with E-state index in [4.69, 9.17) is 4.74 Å². The van der Waals surface area contributed by atoms with Crippen LogP contribution in [0.4, 0.5) is 4.39 Å². The third-order valence-electron chi connectivity index (χ3n) is 4.39. The normalized spacial score (nSPS) is 14.2. The number of carbonyl (C=O) groups excluding carboxylic acids is 2. The lowest BCUT2D eigenvalue weighted by Gasteiger charge is -2.35. The Balaban J connectivity index is 1.65. The second-order valence-electron chi connectivity index (χ2n) is 5.95. The molecule has 0 spiro atoms. The van der Waals surface area contributed by atoms with Crippen LogP contribution in [0.1, 0.15) is 20.7 Å². The first kappa shape index (κ1) is 17.7. The van der Waals surface area contributed by atoms with Gasteiger partial charge in [0.1, 0.15) is 5.75 Å². The monoisotopic (exact) mass is 358 g/mol. The molecule has 136 valence electrons. The molecule has 7 heteroatoms. The van der Waals surface area contributed by atoms with E-state index in [1.807, 2.05) is 0 Å². The van der Waals surface area contributed by atoms with Crippen LogP contribution in [-0.4, -0.2) is 60.0 Å². The van der Waals surface area contributed by atoms with Crippen LogP contribution in [-0.2, 0) is 0 Å². The number of para-hydroxylation sites is 1. The van der Waals surface area contributed by atoms with Gasteiger partial charge in [0.25, 0.3) is 11.8 Å². The molecule has 1 heterocycles. The summed E-state index contributed by atoms with van der Waals surface area (Å²) >= 11 is 0. The van der Waals surface area contributed by atoms with Crippen LogP contribution in [0.3, 0.4) is 0 Å². The molecule has 0 bridgehead atoms. The Labute approximate surface area is 150 Å². The predicted octanol–water partition coefficient (Wildman–Crippen LogP) is 2.14. The maximum absolute atomic E-state index is 13.8. The van der Waals surface area contributed by atoms with E-state index in [0.29, 0.717) is 26.2 Å². The van der Waals surface area contributed by atoms with Crippen molar-refractivity contribution in [3.05, 3.63) is 59.4 Å². The molecule has 0 saturated carbocycles. The fourth-order valence-corrected chi connectivity index (χ4v) is 2.92. The van der Waals surface area contributed by atoms with Gasteiger partial charge in [0.05, 0.1) is 12.7 Å². The molecular weight excluding hydrogens is 339 g/mol. The van der Waals surface area contributed by atoms with Gasteiger partial charge >= 0.3 is 0 Å². The summed E-state index contributed by atoms with van der Waals surface area (Å²) in [6.07, 6.45) is 0. The van der Waals surface area contributed by atoms with Crippen molar-refractivity contribution in [1.82, 2.24) is 9.80 Å². The lowest BCUT2D eigenvalue weighted by molar-refractivity contribution is 0.0533. The highest BCUT2D eigenvalue weighted by molar-refractivity contribution is 5.97. The van der Waals surface area contributed by atoms with Crippen molar-refractivity contribution < 1.29 is 23.8 Å². The molecular formula is C19H19FN2O4. The van der Waals surface area contributed by atoms with Gasteiger partial charge in [-0.25, -0.2) is 4.39 Å². The lowest BCUT2D eigenvalue weighted by Crippen LogP contribution is -2.50. The molecule has 0 aliphatic carbocycles. The van der Waals surface area contributed by atoms with Gasteiger partial charge in [-0.05, 0) is 30.3 Å². The number of amides is 2. The molecule has 1 fully saturated rings. The number of phenolic OH excluding ortho intramolecular Hbond substituents is 1. The van der Waals surface area contributed by atoms with Crippen molar-refractivity contribution >= 4 is 11.8 Å². The summed E-state index contributed by atoms with van der Waals surface area (Å²) < 4.78 is 18.7. The number of halogens is 1. The fraction of sp³-hybridized carbons (Fsp3) is 0.263. The Morgan fingerprint density at radius 2 is 1.62 bits per heavy atom. The number of hydrogen-bond acceptors (Lipinski definition) is 4. The number of benzene rings is 2. The summed E-state index contributed by atoms with van der Waals surface area (Å²) in [7, 11) is 1.36. The number of aromatic hydroxyl groups is 1. The number of phenols is 1. The Hall–Kier alpha value is -3.09. The number of methoxy groups -OCH3 is 1. The standard InChI is InChI=1S/C19H19FN2O4/c1-26-17-7-6-13(12-15(17)20)18(24)21-8-10-22(11-9-21)19(25)14-4-2-3-5-16(14)23/h2-7,12,23H,8-11H2,1H3. The summed E-state index contributed by atoms with van der Waals surface area (Å²) in [5.41, 5.74) is 0.480. The average Bonchev–Trinajstić information content (AvgIpc) is 2.67. The molecule has 0 radical (unpaired) electrons. The number of nitrogens with zero attached hydrogens (tertiary/aromatic N) is 2. The van der Waals surface area contributed by atoms with Crippen molar-refractivity contribution in [3.8, 4) is 11.5 Å². The van der Waals surface area contributed by atoms with Crippen molar-refractivity contribution in [2.24, 2.45) is 0 Å². The smallest absolute Gasteiger partial charge is 0.257 e. The Bertz CT molecular complexity index is 832. The number of carbonyl (C=O) groups is 2. The first-order valence-corrected chi connectivity index (χ1v) is 8.21. The van der Waals surface area contributed by atoms with Crippen LogP contribution in [0.2, 0.25) is 0 Å². The minimum atomic E-state index is -0.591. The van der Waals surface area contributed by atoms with E-state index in [9.17, 15) is 19.1 Å². The quantitative estimate of drug-likeness (QED) is 0.913. The van der Waals surface area contributed by atoms with Crippen molar-refractivity contribution in [2.75, 3.05) is 33.3 Å². The summed E-state index contributed by atoms with van der Waals surface area (Å²) in [6, 6.07) is 10.5. The van der Waals surface area contributed by atoms with Crippen LogP contribution >= 0.6 is 0 Å². The first-order chi connectivity index (χ1) is 12.5. The largest absolute Gasteiger partial charge is 0.507 e. The molecule has 0 aromatic heterocycles. The Morgan fingerprint density at radius 3 is 2.19 bits per heavy atom. The van der Waals surface area contributed by atoms with E-state index in [0.717, 1.165) is 6.07 Å². The van der Waals surface area contributed by atoms with Gasteiger partial charge < -0.3 is 19.6 Å². The molecule has 2 aromatic carbocycles. The van der Waals surface area contributed by atoms with E-state index in [-0.39, 0.29) is 34.4 Å². The van der Waals surface area contributed by atoms with Gasteiger partial charge in [0, 0.05) is 31.7 Å². The number of rotatable bonds is 3. The second kappa shape index (κ2) is 7.43. The van der Waals surface area contributed by atoms with Gasteiger partial charge in [0.15, 0.2) is 11.6 Å². The molecule has 26 heavy (non-hydrogen) atoms. The first-order valence-electron chi connectivity index (χ1n) is 8.21. The molecule has 3 rings (SSSR count). The predicted molar refractivity (Wildman–Crippen MR) is 92.9 cm³/mol. The zero-order valence-electron chi connectivity index (χ0n) is 14.3. The maximum Gasteiger partial charge on any atom is 0.257 e. The zero-order chi connectivity index (χ0) is 18.7. The maximum atomic E-state index is 13.8. The molecule has 2 aromatic rings. The van der Waals surface area contributed by atoms with E-state index in [1.165, 1.54) is 25.3 Å². The minimum absolute atomic E-state index is 0.0651. The van der Waals surface area contributed by atoms with Crippen LogP contribution in [0.25, 0.3) is 0 Å². The van der Waals surface area contributed by atoms with Crippen molar-refractivity contribution in [2.45, 2.75) is 0 Å². The van der Waals surface area contributed by atoms with Crippen LogP contribution < -0.4 is 4.74 Å². The highest BCUT2D eigenvalue weighted by atomic mass is 19.1. The number of hydrogen-bond donors (Lipinski definition) is 1. The number of piperazine rings is 1. The van der Waals surface area contributed by atoms with Gasteiger partial charge in [-0.2, -0.15) is 0 Å². The Morgan fingerprint density at radius 1 is 1.00 bits per heavy atom. The van der Waals surface area contributed by atoms with Gasteiger partial charge in [-0.3, -0.25) is 9.59 Å². The molecule has 1 saturated heterocycles. The molecule has 1 aliphatic rings. The summed E-state index contributed by atoms with van der Waals surface area (Å²) in [4.78, 5) is 28.2. The minimum Gasteiger partial charge on any atom is -0.507 e. The van der Waals surface area contributed by atoms with E-state index < -0.39 is 5.82 Å². The van der Waals surface area contributed by atoms with E-state index >= 15 is 0 Å². The molecule has 0 unspecified atom stereocenters. The molecule has 1 aliphatic heterocycles. The lowest BCUT2D eigenvalue weighted by atomic mass is 10.1. The van der Waals surface area contributed by atoms with Crippen molar-refractivity contribution in [3.63, 3.8) is 0 Å². The molecule has 1 N–H and O–H groups in total. The third-order valence-corrected chi connectivity index (χ3v) is 4.39. The summed E-state index contributed by atoms with van der Waals surface area (Å²) in [6.45, 7) is 1.37. The average molecular weight is 358 g/mol. The van der Waals surface area contributed by atoms with E-state index in [1.54, 1.807) is 28.0 Å². The van der Waals surface area contributed by atoms with Gasteiger partial charge in [0.2, 0.25) is 0 Å². The highest BCUT2D eigenvalue weighted by Crippen LogP contribution is 2.21.